The Bertz CT molecular complexity index is 441. The molecule has 0 fully saturated rings. The second-order valence-electron chi connectivity index (χ2n) is 5.94. The molecule has 0 aliphatic heterocycles. The van der Waals surface area contributed by atoms with Crippen LogP contribution >= 0.6 is 0 Å². The molecule has 0 saturated heterocycles. The number of nitrogens with zero attached hydrogens (tertiary/aromatic N) is 2. The van der Waals surface area contributed by atoms with Crippen molar-refractivity contribution in [2.45, 2.75) is 39.8 Å². The Labute approximate surface area is 116 Å². The summed E-state index contributed by atoms with van der Waals surface area (Å²) in [6, 6.07) is 10.5. The summed E-state index contributed by atoms with van der Waals surface area (Å²) < 4.78 is 5.64. The molecule has 0 heterocycles. The highest BCUT2D eigenvalue weighted by atomic mass is 16.5. The van der Waals surface area contributed by atoms with Gasteiger partial charge in [-0.15, -0.1) is 0 Å². The van der Waals surface area contributed by atoms with E-state index in [2.05, 4.69) is 11.0 Å². The van der Waals surface area contributed by atoms with Crippen molar-refractivity contribution in [2.75, 3.05) is 14.1 Å². The van der Waals surface area contributed by atoms with E-state index in [1.54, 1.807) is 0 Å². The van der Waals surface area contributed by atoms with Crippen molar-refractivity contribution in [3.63, 3.8) is 0 Å². The highest BCUT2D eigenvalue weighted by Crippen LogP contribution is 2.36. The summed E-state index contributed by atoms with van der Waals surface area (Å²) in [5, 5.41) is 9.35. The minimum Gasteiger partial charge on any atom is -0.491 e. The lowest BCUT2D eigenvalue weighted by Gasteiger charge is -2.34. The maximum Gasteiger partial charge on any atom is 0.119 e. The molecule has 0 spiro atoms. The minimum absolute atomic E-state index is 0.0607. The fourth-order valence-corrected chi connectivity index (χ4v) is 2.42. The first kappa shape index (κ1) is 15.5. The molecule has 1 aromatic carbocycles. The molecule has 0 N–H and O–H groups in total. The zero-order valence-corrected chi connectivity index (χ0v) is 12.8. The molecule has 1 aromatic rings. The Morgan fingerprint density at radius 1 is 1.16 bits per heavy atom. The average molecular weight is 260 g/mol. The van der Waals surface area contributed by atoms with Crippen LogP contribution in [-0.2, 0) is 0 Å². The van der Waals surface area contributed by atoms with Crippen LogP contribution in [0.25, 0.3) is 0 Å². The predicted molar refractivity (Wildman–Crippen MR) is 78.0 cm³/mol. The second-order valence-corrected chi connectivity index (χ2v) is 5.94. The summed E-state index contributed by atoms with van der Waals surface area (Å²) >= 11 is 0. The van der Waals surface area contributed by atoms with E-state index in [-0.39, 0.29) is 12.1 Å². The monoisotopic (exact) mass is 260 g/mol. The van der Waals surface area contributed by atoms with Gasteiger partial charge < -0.3 is 9.64 Å². The highest BCUT2D eigenvalue weighted by molar-refractivity contribution is 5.31. The standard InChI is InChI=1S/C16H24N2O/c1-12(2)19-14-9-7-13(8-10-14)15(18(5)6)16(3,4)11-17/h7-10,12,15H,1-6H3. The molecule has 0 saturated carbocycles. The van der Waals surface area contributed by atoms with Gasteiger partial charge in [0, 0.05) is 0 Å². The molecule has 0 bridgehead atoms. The SMILES string of the molecule is CC(C)Oc1ccc(C(N(C)C)C(C)(C)C#N)cc1. The van der Waals surface area contributed by atoms with Crippen LogP contribution in [0.5, 0.6) is 5.75 Å². The Kier molecular flexibility index (Phi) is 4.97. The fourth-order valence-electron chi connectivity index (χ4n) is 2.42. The molecule has 1 unspecified atom stereocenters. The van der Waals surface area contributed by atoms with E-state index in [1.165, 1.54) is 0 Å². The van der Waals surface area contributed by atoms with Crippen LogP contribution in [0.4, 0.5) is 0 Å². The molecule has 1 atom stereocenters. The third-order valence-corrected chi connectivity index (χ3v) is 3.06. The van der Waals surface area contributed by atoms with Crippen molar-refractivity contribution >= 4 is 0 Å². The molecule has 3 nitrogen and oxygen atoms in total. The Morgan fingerprint density at radius 2 is 1.68 bits per heavy atom. The van der Waals surface area contributed by atoms with Crippen LogP contribution in [0.1, 0.15) is 39.3 Å². The molecular weight excluding hydrogens is 236 g/mol. The Hall–Kier alpha value is -1.53. The van der Waals surface area contributed by atoms with E-state index in [0.717, 1.165) is 11.3 Å². The Morgan fingerprint density at radius 3 is 2.05 bits per heavy atom. The van der Waals surface area contributed by atoms with Crippen molar-refractivity contribution in [3.05, 3.63) is 29.8 Å². The first-order valence-corrected chi connectivity index (χ1v) is 6.62. The van der Waals surface area contributed by atoms with Crippen LogP contribution in [-0.4, -0.2) is 25.1 Å². The van der Waals surface area contributed by atoms with E-state index in [0.29, 0.717) is 0 Å². The molecule has 19 heavy (non-hydrogen) atoms. The summed E-state index contributed by atoms with van der Waals surface area (Å²) in [5.74, 6) is 0.867. The summed E-state index contributed by atoms with van der Waals surface area (Å²) in [4.78, 5) is 2.08. The number of rotatable bonds is 5. The van der Waals surface area contributed by atoms with Gasteiger partial charge in [0.25, 0.3) is 0 Å². The molecule has 0 aliphatic rings. The predicted octanol–water partition coefficient (Wildman–Crippen LogP) is 3.63. The number of nitriles is 1. The van der Waals surface area contributed by atoms with Crippen molar-refractivity contribution in [2.24, 2.45) is 5.41 Å². The van der Waals surface area contributed by atoms with Crippen LogP contribution in [0.2, 0.25) is 0 Å². The third kappa shape index (κ3) is 3.97. The number of hydrogen-bond donors (Lipinski definition) is 0. The zero-order valence-electron chi connectivity index (χ0n) is 12.8. The normalized spacial score (nSPS) is 13.4. The topological polar surface area (TPSA) is 36.3 Å². The van der Waals surface area contributed by atoms with Gasteiger partial charge in [-0.1, -0.05) is 12.1 Å². The molecule has 0 amide bonds. The molecule has 0 aromatic heterocycles. The van der Waals surface area contributed by atoms with Crippen molar-refractivity contribution in [1.82, 2.24) is 4.90 Å². The van der Waals surface area contributed by atoms with Crippen molar-refractivity contribution < 1.29 is 4.74 Å². The number of hydrogen-bond acceptors (Lipinski definition) is 3. The smallest absolute Gasteiger partial charge is 0.119 e. The fraction of sp³-hybridized carbons (Fsp3) is 0.562. The van der Waals surface area contributed by atoms with Gasteiger partial charge in [-0.25, -0.2) is 0 Å². The van der Waals surface area contributed by atoms with Gasteiger partial charge in [-0.3, -0.25) is 0 Å². The van der Waals surface area contributed by atoms with Gasteiger partial charge >= 0.3 is 0 Å². The quantitative estimate of drug-likeness (QED) is 0.811. The lowest BCUT2D eigenvalue weighted by Crippen LogP contribution is -2.32. The molecule has 3 heteroatoms. The summed E-state index contributed by atoms with van der Waals surface area (Å²) in [6.07, 6.45) is 0.172. The molecule has 1 rings (SSSR count). The summed E-state index contributed by atoms with van der Waals surface area (Å²) in [6.45, 7) is 7.96. The van der Waals surface area contributed by atoms with Gasteiger partial charge in [0.05, 0.1) is 23.6 Å². The van der Waals surface area contributed by atoms with Crippen LogP contribution in [0.15, 0.2) is 24.3 Å². The largest absolute Gasteiger partial charge is 0.491 e. The van der Waals surface area contributed by atoms with Crippen LogP contribution < -0.4 is 4.74 Å². The van der Waals surface area contributed by atoms with E-state index < -0.39 is 5.41 Å². The number of benzene rings is 1. The average Bonchev–Trinajstić information content (AvgIpc) is 2.30. The lowest BCUT2D eigenvalue weighted by molar-refractivity contribution is 0.185. The Balaban J connectivity index is 3.03. The lowest BCUT2D eigenvalue weighted by atomic mass is 9.81. The van der Waals surface area contributed by atoms with Crippen molar-refractivity contribution in [3.8, 4) is 11.8 Å². The van der Waals surface area contributed by atoms with Crippen LogP contribution in [0.3, 0.4) is 0 Å². The van der Waals surface area contributed by atoms with E-state index in [1.807, 2.05) is 66.1 Å². The van der Waals surface area contributed by atoms with Gasteiger partial charge in [0.15, 0.2) is 0 Å². The van der Waals surface area contributed by atoms with Crippen LogP contribution in [0, 0.1) is 16.7 Å². The van der Waals surface area contributed by atoms with E-state index >= 15 is 0 Å². The first-order valence-electron chi connectivity index (χ1n) is 6.62. The van der Waals surface area contributed by atoms with Gasteiger partial charge in [-0.2, -0.15) is 5.26 Å². The highest BCUT2D eigenvalue weighted by Gasteiger charge is 2.32. The summed E-state index contributed by atoms with van der Waals surface area (Å²) in [5.41, 5.74) is 0.692. The van der Waals surface area contributed by atoms with E-state index in [9.17, 15) is 5.26 Å². The summed E-state index contributed by atoms with van der Waals surface area (Å²) in [7, 11) is 4.00. The number of ether oxygens (including phenoxy) is 1. The second kappa shape index (κ2) is 6.08. The molecule has 0 aliphatic carbocycles. The third-order valence-electron chi connectivity index (χ3n) is 3.06. The molecular formula is C16H24N2O. The van der Waals surface area contributed by atoms with Gasteiger partial charge in [0.1, 0.15) is 5.75 Å². The first-order chi connectivity index (χ1) is 8.77. The van der Waals surface area contributed by atoms with Gasteiger partial charge in [0.2, 0.25) is 0 Å². The van der Waals surface area contributed by atoms with E-state index in [4.69, 9.17) is 4.74 Å². The molecule has 0 radical (unpaired) electrons. The maximum absolute atomic E-state index is 9.35. The zero-order chi connectivity index (χ0) is 14.6. The molecule has 104 valence electrons. The minimum atomic E-state index is -0.441. The maximum atomic E-state index is 9.35. The van der Waals surface area contributed by atoms with Gasteiger partial charge in [-0.05, 0) is 59.5 Å². The van der Waals surface area contributed by atoms with Crippen molar-refractivity contribution in [1.29, 1.82) is 5.26 Å².